The summed E-state index contributed by atoms with van der Waals surface area (Å²) in [5.41, 5.74) is 11.9. The van der Waals surface area contributed by atoms with Gasteiger partial charge in [0.25, 0.3) is 0 Å². The van der Waals surface area contributed by atoms with Gasteiger partial charge < -0.3 is 5.73 Å². The molecule has 2 N–H and O–H groups in total. The number of unbranched alkanes of at least 4 members (excludes halogenated alkanes) is 1. The van der Waals surface area contributed by atoms with Gasteiger partial charge in [-0.25, -0.2) is 0 Å². The van der Waals surface area contributed by atoms with Crippen LogP contribution in [-0.2, 0) is 0 Å². The van der Waals surface area contributed by atoms with Gasteiger partial charge in [-0.1, -0.05) is 57.5 Å². The van der Waals surface area contributed by atoms with E-state index in [9.17, 15) is 0 Å². The van der Waals surface area contributed by atoms with Crippen molar-refractivity contribution in [2.45, 2.75) is 53.4 Å². The molecule has 0 saturated carbocycles. The van der Waals surface area contributed by atoms with Crippen molar-refractivity contribution in [3.63, 3.8) is 0 Å². The SMILES string of the molecule is C=C(N)/C(C)=C(/c1ccccc1C)C(CC)CCCC. The minimum Gasteiger partial charge on any atom is -0.399 e. The lowest BCUT2D eigenvalue weighted by molar-refractivity contribution is 0.552. The van der Waals surface area contributed by atoms with Gasteiger partial charge in [0, 0.05) is 5.70 Å². The molecule has 1 aromatic rings. The zero-order chi connectivity index (χ0) is 15.1. The first-order valence-electron chi connectivity index (χ1n) is 7.74. The Morgan fingerprint density at radius 1 is 1.25 bits per heavy atom. The van der Waals surface area contributed by atoms with Crippen LogP contribution >= 0.6 is 0 Å². The van der Waals surface area contributed by atoms with Gasteiger partial charge in [-0.2, -0.15) is 0 Å². The van der Waals surface area contributed by atoms with E-state index in [1.54, 1.807) is 0 Å². The van der Waals surface area contributed by atoms with Crippen molar-refractivity contribution in [3.05, 3.63) is 53.2 Å². The summed E-state index contributed by atoms with van der Waals surface area (Å²) in [6.07, 6.45) is 4.87. The zero-order valence-corrected chi connectivity index (χ0v) is 13.5. The van der Waals surface area contributed by atoms with Crippen molar-refractivity contribution in [3.8, 4) is 0 Å². The van der Waals surface area contributed by atoms with Crippen LogP contribution in [0.5, 0.6) is 0 Å². The van der Waals surface area contributed by atoms with Gasteiger partial charge in [0.2, 0.25) is 0 Å². The van der Waals surface area contributed by atoms with Gasteiger partial charge in [0.15, 0.2) is 0 Å². The van der Waals surface area contributed by atoms with E-state index >= 15 is 0 Å². The lowest BCUT2D eigenvalue weighted by atomic mass is 9.82. The van der Waals surface area contributed by atoms with Crippen LogP contribution in [0.2, 0.25) is 0 Å². The van der Waals surface area contributed by atoms with Crippen LogP contribution in [0.25, 0.3) is 5.57 Å². The Kier molecular flexibility index (Phi) is 6.57. The third-order valence-corrected chi connectivity index (χ3v) is 4.13. The molecule has 1 rings (SSSR count). The monoisotopic (exact) mass is 271 g/mol. The molecule has 0 amide bonds. The fraction of sp³-hybridized carbons (Fsp3) is 0.474. The average Bonchev–Trinajstić information content (AvgIpc) is 2.44. The smallest absolute Gasteiger partial charge is 0.0273 e. The quantitative estimate of drug-likeness (QED) is 0.655. The van der Waals surface area contributed by atoms with Gasteiger partial charge in [-0.15, -0.1) is 0 Å². The van der Waals surface area contributed by atoms with Crippen LogP contribution < -0.4 is 5.73 Å². The molecule has 0 bridgehead atoms. The number of nitrogens with two attached hydrogens (primary N) is 1. The maximum Gasteiger partial charge on any atom is 0.0273 e. The molecular formula is C19H29N. The first kappa shape index (κ1) is 16.6. The molecule has 0 aliphatic rings. The third kappa shape index (κ3) is 4.00. The molecule has 0 radical (unpaired) electrons. The molecule has 0 aliphatic carbocycles. The van der Waals surface area contributed by atoms with E-state index in [4.69, 9.17) is 5.73 Å². The molecule has 1 nitrogen and oxygen atoms in total. The fourth-order valence-electron chi connectivity index (χ4n) is 2.78. The number of hydrogen-bond donors (Lipinski definition) is 1. The fourth-order valence-corrected chi connectivity index (χ4v) is 2.78. The van der Waals surface area contributed by atoms with Crippen molar-refractivity contribution in [1.82, 2.24) is 0 Å². The topological polar surface area (TPSA) is 26.0 Å². The Morgan fingerprint density at radius 2 is 1.90 bits per heavy atom. The molecule has 0 aromatic heterocycles. The van der Waals surface area contributed by atoms with Crippen molar-refractivity contribution in [1.29, 1.82) is 0 Å². The molecule has 0 saturated heterocycles. The number of aryl methyl sites for hydroxylation is 1. The van der Waals surface area contributed by atoms with E-state index in [1.807, 2.05) is 0 Å². The van der Waals surface area contributed by atoms with Crippen LogP contribution in [0.4, 0.5) is 0 Å². The molecule has 20 heavy (non-hydrogen) atoms. The molecule has 0 spiro atoms. The predicted octanol–water partition coefficient (Wildman–Crippen LogP) is 5.46. The van der Waals surface area contributed by atoms with Gasteiger partial charge >= 0.3 is 0 Å². The Labute approximate surface area is 124 Å². The lowest BCUT2D eigenvalue weighted by Gasteiger charge is -2.24. The molecule has 0 aliphatic heterocycles. The van der Waals surface area contributed by atoms with Crippen LogP contribution in [-0.4, -0.2) is 0 Å². The van der Waals surface area contributed by atoms with Gasteiger partial charge in [0.05, 0.1) is 0 Å². The summed E-state index contributed by atoms with van der Waals surface area (Å²) in [7, 11) is 0. The molecule has 0 heterocycles. The van der Waals surface area contributed by atoms with Crippen LogP contribution in [0.1, 0.15) is 57.6 Å². The summed E-state index contributed by atoms with van der Waals surface area (Å²) in [4.78, 5) is 0. The molecule has 1 unspecified atom stereocenters. The highest BCUT2D eigenvalue weighted by molar-refractivity contribution is 5.75. The first-order valence-corrected chi connectivity index (χ1v) is 7.74. The molecular weight excluding hydrogens is 242 g/mol. The maximum absolute atomic E-state index is 5.99. The summed E-state index contributed by atoms with van der Waals surface area (Å²) < 4.78 is 0. The zero-order valence-electron chi connectivity index (χ0n) is 13.5. The predicted molar refractivity (Wildman–Crippen MR) is 90.4 cm³/mol. The van der Waals surface area contributed by atoms with E-state index in [-0.39, 0.29) is 0 Å². The highest BCUT2D eigenvalue weighted by atomic mass is 14.6. The van der Waals surface area contributed by atoms with Gasteiger partial charge in [-0.05, 0) is 54.9 Å². The number of benzene rings is 1. The minimum atomic E-state index is 0.566. The normalized spacial score (nSPS) is 13.8. The van der Waals surface area contributed by atoms with Crippen molar-refractivity contribution in [2.75, 3.05) is 0 Å². The molecule has 0 fully saturated rings. The van der Waals surface area contributed by atoms with Crippen molar-refractivity contribution < 1.29 is 0 Å². The molecule has 110 valence electrons. The largest absolute Gasteiger partial charge is 0.399 e. The van der Waals surface area contributed by atoms with Gasteiger partial charge in [-0.3, -0.25) is 0 Å². The summed E-state index contributed by atoms with van der Waals surface area (Å²) in [5.74, 6) is 0.566. The number of rotatable bonds is 7. The molecule has 1 aromatic carbocycles. The Bertz CT molecular complexity index is 482. The van der Waals surface area contributed by atoms with Crippen LogP contribution in [0, 0.1) is 12.8 Å². The highest BCUT2D eigenvalue weighted by Crippen LogP contribution is 2.35. The first-order chi connectivity index (χ1) is 9.52. The summed E-state index contributed by atoms with van der Waals surface area (Å²) in [5, 5.41) is 0. The lowest BCUT2D eigenvalue weighted by Crippen LogP contribution is -2.09. The Balaban J connectivity index is 3.33. The van der Waals surface area contributed by atoms with E-state index in [2.05, 4.69) is 58.5 Å². The minimum absolute atomic E-state index is 0.566. The highest BCUT2D eigenvalue weighted by Gasteiger charge is 2.18. The Morgan fingerprint density at radius 3 is 2.40 bits per heavy atom. The third-order valence-electron chi connectivity index (χ3n) is 4.13. The van der Waals surface area contributed by atoms with Gasteiger partial charge in [0.1, 0.15) is 0 Å². The van der Waals surface area contributed by atoms with Crippen LogP contribution in [0.3, 0.4) is 0 Å². The van der Waals surface area contributed by atoms with Crippen molar-refractivity contribution >= 4 is 5.57 Å². The van der Waals surface area contributed by atoms with E-state index in [0.717, 1.165) is 12.0 Å². The second kappa shape index (κ2) is 7.94. The Hall–Kier alpha value is -1.50. The molecule has 1 atom stereocenters. The summed E-state index contributed by atoms with van der Waals surface area (Å²) >= 11 is 0. The van der Waals surface area contributed by atoms with Crippen LogP contribution in [0.15, 0.2) is 42.1 Å². The molecule has 1 heteroatoms. The standard InChI is InChI=1S/C19H29N/c1-6-8-12-17(7-2)19(15(4)16(5)20)18-13-10-9-11-14(18)3/h9-11,13,17H,5-8,12,20H2,1-4H3/b19-15+. The number of allylic oxidation sites excluding steroid dienone is 2. The number of hydrogen-bond acceptors (Lipinski definition) is 1. The van der Waals surface area contributed by atoms with E-state index in [0.29, 0.717) is 11.6 Å². The van der Waals surface area contributed by atoms with E-state index in [1.165, 1.54) is 36.0 Å². The van der Waals surface area contributed by atoms with Crippen molar-refractivity contribution in [2.24, 2.45) is 11.7 Å². The van der Waals surface area contributed by atoms with E-state index < -0.39 is 0 Å². The average molecular weight is 271 g/mol. The second-order valence-electron chi connectivity index (χ2n) is 5.63. The second-order valence-corrected chi connectivity index (χ2v) is 5.63. The maximum atomic E-state index is 5.99. The summed E-state index contributed by atoms with van der Waals surface area (Å²) in [6, 6.07) is 8.59. The summed E-state index contributed by atoms with van der Waals surface area (Å²) in [6.45, 7) is 12.8.